The molecule has 2 aromatic heterocycles. The predicted molar refractivity (Wildman–Crippen MR) is 60.7 cm³/mol. The molecule has 0 saturated carbocycles. The molecule has 17 heavy (non-hydrogen) atoms. The van der Waals surface area contributed by atoms with Gasteiger partial charge in [0.25, 0.3) is 0 Å². The van der Waals surface area contributed by atoms with Crippen molar-refractivity contribution in [3.8, 4) is 5.75 Å². The van der Waals surface area contributed by atoms with Crippen molar-refractivity contribution in [1.82, 2.24) is 9.97 Å². The van der Waals surface area contributed by atoms with Crippen molar-refractivity contribution in [3.05, 3.63) is 53.9 Å². The van der Waals surface area contributed by atoms with E-state index < -0.39 is 0 Å². The topological polar surface area (TPSA) is 61.0 Å². The number of hydrogen-bond donors (Lipinski definition) is 1. The molecule has 0 aromatic carbocycles. The third-order valence-corrected chi connectivity index (χ3v) is 2.29. The molecule has 0 aliphatic carbocycles. The first-order chi connectivity index (χ1) is 8.31. The Morgan fingerprint density at radius 1 is 1.29 bits per heavy atom. The zero-order valence-electron chi connectivity index (χ0n) is 9.14. The van der Waals surface area contributed by atoms with E-state index in [0.29, 0.717) is 12.3 Å². The summed E-state index contributed by atoms with van der Waals surface area (Å²) >= 11 is 0. The van der Waals surface area contributed by atoms with Crippen molar-refractivity contribution >= 4 is 0 Å². The van der Waals surface area contributed by atoms with Crippen LogP contribution in [0.5, 0.6) is 5.75 Å². The fourth-order valence-electron chi connectivity index (χ4n) is 1.38. The summed E-state index contributed by atoms with van der Waals surface area (Å²) in [6, 6.07) is 4.65. The summed E-state index contributed by atoms with van der Waals surface area (Å²) in [5.41, 5.74) is 6.65. The summed E-state index contributed by atoms with van der Waals surface area (Å²) in [5, 5.41) is 0. The Morgan fingerprint density at radius 2 is 2.18 bits per heavy atom. The van der Waals surface area contributed by atoms with Gasteiger partial charge in [-0.2, -0.15) is 0 Å². The van der Waals surface area contributed by atoms with Crippen LogP contribution >= 0.6 is 0 Å². The van der Waals surface area contributed by atoms with Crippen LogP contribution in [-0.2, 0) is 13.2 Å². The van der Waals surface area contributed by atoms with Crippen molar-refractivity contribution in [2.45, 2.75) is 13.2 Å². The molecule has 0 saturated heterocycles. The molecule has 88 valence electrons. The van der Waals surface area contributed by atoms with Gasteiger partial charge in [-0.15, -0.1) is 0 Å². The van der Waals surface area contributed by atoms with E-state index in [9.17, 15) is 4.39 Å². The number of hydrogen-bond acceptors (Lipinski definition) is 4. The molecule has 4 nitrogen and oxygen atoms in total. The van der Waals surface area contributed by atoms with E-state index in [1.54, 1.807) is 18.5 Å². The smallest absolute Gasteiger partial charge is 0.148 e. The molecule has 0 bridgehead atoms. The van der Waals surface area contributed by atoms with Crippen molar-refractivity contribution in [1.29, 1.82) is 0 Å². The summed E-state index contributed by atoms with van der Waals surface area (Å²) < 4.78 is 18.7. The zero-order valence-corrected chi connectivity index (χ0v) is 9.14. The van der Waals surface area contributed by atoms with Crippen LogP contribution in [-0.4, -0.2) is 9.97 Å². The maximum absolute atomic E-state index is 13.3. The van der Waals surface area contributed by atoms with Gasteiger partial charge in [0.1, 0.15) is 23.9 Å². The third-order valence-electron chi connectivity index (χ3n) is 2.29. The number of aromatic nitrogens is 2. The third kappa shape index (κ3) is 2.76. The highest BCUT2D eigenvalue weighted by atomic mass is 19.1. The highest BCUT2D eigenvalue weighted by Crippen LogP contribution is 2.17. The van der Waals surface area contributed by atoms with Crippen LogP contribution in [0.3, 0.4) is 0 Å². The van der Waals surface area contributed by atoms with Crippen molar-refractivity contribution in [3.63, 3.8) is 0 Å². The average Bonchev–Trinajstić information content (AvgIpc) is 2.38. The molecule has 0 unspecified atom stereocenters. The highest BCUT2D eigenvalue weighted by molar-refractivity contribution is 5.29. The lowest BCUT2D eigenvalue weighted by molar-refractivity contribution is 0.290. The Labute approximate surface area is 98.3 Å². The Bertz CT molecular complexity index is 505. The number of halogens is 1. The van der Waals surface area contributed by atoms with Gasteiger partial charge in [0, 0.05) is 24.5 Å². The van der Waals surface area contributed by atoms with E-state index in [2.05, 4.69) is 9.97 Å². The maximum atomic E-state index is 13.3. The Balaban J connectivity index is 2.10. The second-order valence-electron chi connectivity index (χ2n) is 3.41. The molecule has 2 heterocycles. The van der Waals surface area contributed by atoms with Gasteiger partial charge >= 0.3 is 0 Å². The van der Waals surface area contributed by atoms with Crippen LogP contribution in [0.15, 0.2) is 36.8 Å². The van der Waals surface area contributed by atoms with E-state index in [1.165, 1.54) is 18.3 Å². The lowest BCUT2D eigenvalue weighted by atomic mass is 10.2. The summed E-state index contributed by atoms with van der Waals surface area (Å²) in [5.74, 6) is 0.172. The van der Waals surface area contributed by atoms with Crippen molar-refractivity contribution in [2.75, 3.05) is 0 Å². The molecule has 0 fully saturated rings. The maximum Gasteiger partial charge on any atom is 0.148 e. The van der Waals surface area contributed by atoms with E-state index >= 15 is 0 Å². The lowest BCUT2D eigenvalue weighted by Crippen LogP contribution is -2.05. The molecular formula is C12H12FN3O. The number of nitrogens with two attached hydrogens (primary N) is 1. The summed E-state index contributed by atoms with van der Waals surface area (Å²) in [6.07, 6.45) is 4.72. The van der Waals surface area contributed by atoms with E-state index in [0.717, 1.165) is 5.56 Å². The van der Waals surface area contributed by atoms with Gasteiger partial charge in [-0.3, -0.25) is 9.97 Å². The molecule has 0 aliphatic heterocycles. The monoisotopic (exact) mass is 233 g/mol. The summed E-state index contributed by atoms with van der Waals surface area (Å²) in [4.78, 5) is 7.83. The number of ether oxygens (including phenoxy) is 1. The van der Waals surface area contributed by atoms with Gasteiger partial charge in [-0.05, 0) is 18.2 Å². The molecular weight excluding hydrogens is 221 g/mol. The van der Waals surface area contributed by atoms with Gasteiger partial charge in [0.2, 0.25) is 0 Å². The van der Waals surface area contributed by atoms with E-state index in [1.807, 2.05) is 0 Å². The van der Waals surface area contributed by atoms with Crippen molar-refractivity contribution < 1.29 is 9.13 Å². The predicted octanol–water partition coefficient (Wildman–Crippen LogP) is 1.65. The second-order valence-corrected chi connectivity index (χ2v) is 3.41. The minimum absolute atomic E-state index is 0.0609. The van der Waals surface area contributed by atoms with Crippen LogP contribution in [0.1, 0.15) is 11.3 Å². The first-order valence-corrected chi connectivity index (χ1v) is 5.16. The van der Waals surface area contributed by atoms with Crippen LogP contribution in [0.2, 0.25) is 0 Å². The lowest BCUT2D eigenvalue weighted by Gasteiger charge is -2.09. The fourth-order valence-corrected chi connectivity index (χ4v) is 1.38. The minimum atomic E-state index is -0.384. The Hall–Kier alpha value is -2.01. The normalized spacial score (nSPS) is 10.2. The summed E-state index contributed by atoms with van der Waals surface area (Å²) in [6.45, 7) is 0.411. The van der Waals surface area contributed by atoms with Crippen LogP contribution < -0.4 is 10.5 Å². The van der Waals surface area contributed by atoms with Crippen molar-refractivity contribution in [2.24, 2.45) is 5.73 Å². The van der Waals surface area contributed by atoms with Gasteiger partial charge in [-0.25, -0.2) is 4.39 Å². The molecule has 0 aliphatic rings. The molecule has 0 amide bonds. The van der Waals surface area contributed by atoms with E-state index in [4.69, 9.17) is 10.5 Å². The number of pyridine rings is 2. The van der Waals surface area contributed by atoms with Gasteiger partial charge in [0.05, 0.1) is 6.20 Å². The molecule has 2 aromatic rings. The fraction of sp³-hybridized carbons (Fsp3) is 0.167. The molecule has 5 heteroatoms. The first-order valence-electron chi connectivity index (χ1n) is 5.16. The summed E-state index contributed by atoms with van der Waals surface area (Å²) in [7, 11) is 0. The second kappa shape index (κ2) is 5.36. The van der Waals surface area contributed by atoms with E-state index in [-0.39, 0.29) is 18.1 Å². The molecule has 2 rings (SSSR count). The van der Waals surface area contributed by atoms with Crippen LogP contribution in [0.4, 0.5) is 4.39 Å². The largest absolute Gasteiger partial charge is 0.485 e. The highest BCUT2D eigenvalue weighted by Gasteiger charge is 2.06. The van der Waals surface area contributed by atoms with Gasteiger partial charge in [0.15, 0.2) is 0 Å². The molecule has 0 spiro atoms. The Morgan fingerprint density at radius 3 is 2.94 bits per heavy atom. The van der Waals surface area contributed by atoms with Gasteiger partial charge in [-0.1, -0.05) is 0 Å². The number of nitrogens with zero attached hydrogens (tertiary/aromatic N) is 2. The van der Waals surface area contributed by atoms with Gasteiger partial charge < -0.3 is 10.5 Å². The quantitative estimate of drug-likeness (QED) is 0.872. The molecule has 0 atom stereocenters. The minimum Gasteiger partial charge on any atom is -0.485 e. The standard InChI is InChI=1S/C12H12FN3O/c13-10-2-1-4-16-11(10)8-17-12-7-15-5-3-9(12)6-14/h1-5,7H,6,8,14H2. The molecule has 0 radical (unpaired) electrons. The number of rotatable bonds is 4. The van der Waals surface area contributed by atoms with Crippen LogP contribution in [0, 0.1) is 5.82 Å². The van der Waals surface area contributed by atoms with Crippen LogP contribution in [0.25, 0.3) is 0 Å². The SMILES string of the molecule is NCc1ccncc1OCc1ncccc1F. The molecule has 2 N–H and O–H groups in total. The first kappa shape index (κ1) is 11.5. The zero-order chi connectivity index (χ0) is 12.1. The average molecular weight is 233 g/mol. The Kier molecular flexibility index (Phi) is 3.62.